The minimum atomic E-state index is -1.02. The zero-order valence-corrected chi connectivity index (χ0v) is 7.19. The summed E-state index contributed by atoms with van der Waals surface area (Å²) in [4.78, 5) is 11.0. The third kappa shape index (κ3) is 1.53. The van der Waals surface area contributed by atoms with Crippen molar-refractivity contribution in [2.24, 2.45) is 0 Å². The Bertz CT molecular complexity index is 328. The highest BCUT2D eigenvalue weighted by atomic mass is 32.1. The molecule has 1 heterocycles. The molecular formula is C8H7FO2S. The zero-order chi connectivity index (χ0) is 9.14. The summed E-state index contributed by atoms with van der Waals surface area (Å²) in [5, 5.41) is 10.3. The second-order valence-electron chi connectivity index (χ2n) is 2.26. The van der Waals surface area contributed by atoms with Gasteiger partial charge < -0.3 is 5.11 Å². The van der Waals surface area contributed by atoms with Gasteiger partial charge in [0.05, 0.1) is 11.9 Å². The van der Waals surface area contributed by atoms with Gasteiger partial charge >= 0.3 is 5.97 Å². The summed E-state index contributed by atoms with van der Waals surface area (Å²) in [6, 6.07) is 1.47. The van der Waals surface area contributed by atoms with Crippen LogP contribution in [0.25, 0.3) is 5.57 Å². The third-order valence-corrected chi connectivity index (χ3v) is 2.47. The van der Waals surface area contributed by atoms with E-state index in [0.717, 1.165) is 0 Å². The molecule has 0 unspecified atom stereocenters. The molecule has 0 aliphatic rings. The molecule has 1 N–H and O–H groups in total. The summed E-state index contributed by atoms with van der Waals surface area (Å²) in [6.07, 6.45) is 0.415. The Morgan fingerprint density at radius 1 is 1.75 bits per heavy atom. The van der Waals surface area contributed by atoms with Gasteiger partial charge in [-0.05, 0) is 23.9 Å². The number of hydrogen-bond acceptors (Lipinski definition) is 2. The molecule has 4 heteroatoms. The molecule has 0 aliphatic carbocycles. The lowest BCUT2D eigenvalue weighted by Crippen LogP contribution is -1.96. The molecular weight excluding hydrogens is 179 g/mol. The summed E-state index contributed by atoms with van der Waals surface area (Å²) >= 11 is 1.22. The van der Waals surface area contributed by atoms with Crippen LogP contribution in [0.2, 0.25) is 0 Å². The Morgan fingerprint density at radius 2 is 2.42 bits per heavy atom. The van der Waals surface area contributed by atoms with Crippen LogP contribution in [0.4, 0.5) is 4.39 Å². The van der Waals surface area contributed by atoms with E-state index < -0.39 is 5.97 Å². The quantitative estimate of drug-likeness (QED) is 0.771. The van der Waals surface area contributed by atoms with E-state index in [1.165, 1.54) is 24.3 Å². The van der Waals surface area contributed by atoms with E-state index in [9.17, 15) is 9.18 Å². The summed E-state index contributed by atoms with van der Waals surface area (Å²) in [6.45, 7) is 1.54. The first-order chi connectivity index (χ1) is 5.66. The van der Waals surface area contributed by atoms with E-state index >= 15 is 0 Å². The maximum absolute atomic E-state index is 12.0. The fraction of sp³-hybridized carbons (Fsp3) is 0.125. The van der Waals surface area contributed by atoms with E-state index in [-0.39, 0.29) is 5.56 Å². The fourth-order valence-electron chi connectivity index (χ4n) is 0.833. The number of hydrogen-bond donors (Lipinski definition) is 1. The molecule has 0 aliphatic heterocycles. The van der Waals surface area contributed by atoms with Crippen LogP contribution in [0.5, 0.6) is 0 Å². The van der Waals surface area contributed by atoms with E-state index in [4.69, 9.17) is 5.11 Å². The average molecular weight is 186 g/mol. The molecule has 0 saturated carbocycles. The summed E-state index contributed by atoms with van der Waals surface area (Å²) in [7, 11) is 0. The van der Waals surface area contributed by atoms with Crippen LogP contribution in [0.1, 0.15) is 22.2 Å². The number of rotatable bonds is 2. The standard InChI is InChI=1S/C8H7FO2S/c1-5(4-9)7-6(8(10)11)2-3-12-7/h2-4H,1H3,(H,10,11). The molecule has 0 amide bonds. The molecule has 1 rings (SSSR count). The average Bonchev–Trinajstić information content (AvgIpc) is 2.50. The van der Waals surface area contributed by atoms with Gasteiger partial charge in [-0.15, -0.1) is 11.3 Å². The van der Waals surface area contributed by atoms with Gasteiger partial charge in [0.15, 0.2) is 0 Å². The lowest BCUT2D eigenvalue weighted by molar-refractivity contribution is 0.0697. The minimum Gasteiger partial charge on any atom is -0.478 e. The molecule has 0 bridgehead atoms. The van der Waals surface area contributed by atoms with Gasteiger partial charge in [-0.1, -0.05) is 0 Å². The number of carboxylic acid groups (broad SMARTS) is 1. The van der Waals surface area contributed by atoms with Crippen molar-refractivity contribution < 1.29 is 14.3 Å². The Balaban J connectivity index is 3.16. The van der Waals surface area contributed by atoms with Crippen LogP contribution in [-0.2, 0) is 0 Å². The topological polar surface area (TPSA) is 37.3 Å². The fourth-order valence-corrected chi connectivity index (χ4v) is 1.69. The summed E-state index contributed by atoms with van der Waals surface area (Å²) < 4.78 is 12.0. The summed E-state index contributed by atoms with van der Waals surface area (Å²) in [5.74, 6) is -1.02. The number of halogens is 1. The number of carboxylic acids is 1. The molecule has 0 spiro atoms. The van der Waals surface area contributed by atoms with Gasteiger partial charge in [0.1, 0.15) is 0 Å². The van der Waals surface area contributed by atoms with Crippen LogP contribution in [-0.4, -0.2) is 11.1 Å². The Hall–Kier alpha value is -1.16. The third-order valence-electron chi connectivity index (χ3n) is 1.42. The largest absolute Gasteiger partial charge is 0.478 e. The Morgan fingerprint density at radius 3 is 2.92 bits per heavy atom. The van der Waals surface area contributed by atoms with Gasteiger partial charge in [0, 0.05) is 4.88 Å². The van der Waals surface area contributed by atoms with Crippen LogP contribution >= 0.6 is 11.3 Å². The lowest BCUT2D eigenvalue weighted by Gasteiger charge is -1.96. The molecule has 0 fully saturated rings. The predicted molar refractivity (Wildman–Crippen MR) is 46.0 cm³/mol. The highest BCUT2D eigenvalue weighted by Crippen LogP contribution is 2.25. The first-order valence-electron chi connectivity index (χ1n) is 3.25. The van der Waals surface area contributed by atoms with Crippen molar-refractivity contribution in [2.75, 3.05) is 0 Å². The van der Waals surface area contributed by atoms with Crippen LogP contribution < -0.4 is 0 Å². The Labute approximate surface area is 73.0 Å². The summed E-state index contributed by atoms with van der Waals surface area (Å²) in [5.41, 5.74) is 0.508. The van der Waals surface area contributed by atoms with E-state index in [0.29, 0.717) is 16.8 Å². The van der Waals surface area contributed by atoms with Crippen molar-refractivity contribution in [2.45, 2.75) is 6.92 Å². The number of thiophene rings is 1. The number of allylic oxidation sites excluding steroid dienone is 1. The van der Waals surface area contributed by atoms with Gasteiger partial charge in [0.2, 0.25) is 0 Å². The predicted octanol–water partition coefficient (Wildman–Crippen LogP) is 2.78. The van der Waals surface area contributed by atoms with Crippen LogP contribution in [0.15, 0.2) is 17.8 Å². The van der Waals surface area contributed by atoms with E-state index in [1.807, 2.05) is 0 Å². The van der Waals surface area contributed by atoms with Crippen molar-refractivity contribution in [1.82, 2.24) is 0 Å². The minimum absolute atomic E-state index is 0.159. The van der Waals surface area contributed by atoms with Crippen molar-refractivity contribution >= 4 is 22.9 Å². The van der Waals surface area contributed by atoms with E-state index in [1.54, 1.807) is 5.38 Å². The maximum Gasteiger partial charge on any atom is 0.337 e. The van der Waals surface area contributed by atoms with Gasteiger partial charge in [-0.2, -0.15) is 0 Å². The molecule has 64 valence electrons. The van der Waals surface area contributed by atoms with Crippen LogP contribution in [0, 0.1) is 0 Å². The second-order valence-corrected chi connectivity index (χ2v) is 3.18. The molecule has 2 nitrogen and oxygen atoms in total. The Kier molecular flexibility index (Phi) is 2.60. The van der Waals surface area contributed by atoms with Crippen molar-refractivity contribution in [3.8, 4) is 0 Å². The number of carbonyl (C=O) groups is 1. The second kappa shape index (κ2) is 3.49. The number of aromatic carboxylic acids is 1. The molecule has 0 saturated heterocycles. The SMILES string of the molecule is CC(=CF)c1sccc1C(=O)O. The molecule has 1 aromatic rings. The highest BCUT2D eigenvalue weighted by molar-refractivity contribution is 7.11. The van der Waals surface area contributed by atoms with Crippen molar-refractivity contribution in [3.05, 3.63) is 28.2 Å². The van der Waals surface area contributed by atoms with Crippen molar-refractivity contribution in [1.29, 1.82) is 0 Å². The van der Waals surface area contributed by atoms with Crippen LogP contribution in [0.3, 0.4) is 0 Å². The van der Waals surface area contributed by atoms with Gasteiger partial charge in [0.25, 0.3) is 0 Å². The van der Waals surface area contributed by atoms with E-state index in [2.05, 4.69) is 0 Å². The monoisotopic (exact) mass is 186 g/mol. The lowest BCUT2D eigenvalue weighted by atomic mass is 10.2. The van der Waals surface area contributed by atoms with Gasteiger partial charge in [-0.25, -0.2) is 9.18 Å². The first kappa shape index (κ1) is 8.93. The molecule has 0 atom stereocenters. The molecule has 12 heavy (non-hydrogen) atoms. The smallest absolute Gasteiger partial charge is 0.337 e. The normalized spacial score (nSPS) is 11.7. The molecule has 1 aromatic heterocycles. The molecule has 0 aromatic carbocycles. The van der Waals surface area contributed by atoms with Crippen molar-refractivity contribution in [3.63, 3.8) is 0 Å². The molecule has 0 radical (unpaired) electrons. The zero-order valence-electron chi connectivity index (χ0n) is 6.37. The van der Waals surface area contributed by atoms with Gasteiger partial charge in [-0.3, -0.25) is 0 Å². The first-order valence-corrected chi connectivity index (χ1v) is 4.13. The maximum atomic E-state index is 12.0. The highest BCUT2D eigenvalue weighted by Gasteiger charge is 2.11.